The zero-order chi connectivity index (χ0) is 14.9. The third-order valence-corrected chi connectivity index (χ3v) is 4.71. The summed E-state index contributed by atoms with van der Waals surface area (Å²) in [4.78, 5) is 2.11. The summed E-state index contributed by atoms with van der Waals surface area (Å²) >= 11 is 3.47. The van der Waals surface area contributed by atoms with Crippen LogP contribution < -0.4 is 10.2 Å². The van der Waals surface area contributed by atoms with Crippen molar-refractivity contribution in [1.29, 1.82) is 0 Å². The predicted octanol–water partition coefficient (Wildman–Crippen LogP) is 3.91. The molecule has 1 N–H and O–H groups in total. The molecule has 1 fully saturated rings. The highest BCUT2D eigenvalue weighted by Crippen LogP contribution is 2.33. The van der Waals surface area contributed by atoms with Gasteiger partial charge in [-0.25, -0.2) is 4.39 Å². The first-order valence-electron chi connectivity index (χ1n) is 7.10. The van der Waals surface area contributed by atoms with Crippen LogP contribution in [0.25, 0.3) is 0 Å². The van der Waals surface area contributed by atoms with E-state index in [2.05, 4.69) is 45.2 Å². The molecule has 1 unspecified atom stereocenters. The Bertz CT molecular complexity index is 612. The van der Waals surface area contributed by atoms with Gasteiger partial charge in [0.25, 0.3) is 0 Å². The lowest BCUT2D eigenvalue weighted by molar-refractivity contribution is 0.330. The van der Waals surface area contributed by atoms with Crippen LogP contribution in [0.15, 0.2) is 53.0 Å². The van der Waals surface area contributed by atoms with Crippen molar-refractivity contribution in [2.75, 3.05) is 24.5 Å². The minimum Gasteiger partial charge on any atom is -0.365 e. The van der Waals surface area contributed by atoms with Crippen molar-refractivity contribution in [3.05, 3.63) is 64.4 Å². The minimum atomic E-state index is -0.179. The summed E-state index contributed by atoms with van der Waals surface area (Å²) in [7, 11) is 0. The third-order valence-electron chi connectivity index (χ3n) is 4.07. The van der Waals surface area contributed by atoms with E-state index in [9.17, 15) is 4.39 Å². The van der Waals surface area contributed by atoms with Gasteiger partial charge in [-0.2, -0.15) is 0 Å². The number of benzene rings is 2. The molecule has 2 nitrogen and oxygen atoms in total. The van der Waals surface area contributed by atoms with Gasteiger partial charge in [0, 0.05) is 24.1 Å². The van der Waals surface area contributed by atoms with Crippen molar-refractivity contribution in [3.63, 3.8) is 0 Å². The zero-order valence-electron chi connectivity index (χ0n) is 11.9. The maximum atomic E-state index is 14.2. The quantitative estimate of drug-likeness (QED) is 0.884. The molecule has 1 aliphatic heterocycles. The fourth-order valence-corrected chi connectivity index (χ4v) is 3.56. The molecule has 2 aromatic rings. The van der Waals surface area contributed by atoms with Crippen LogP contribution in [0.1, 0.15) is 12.5 Å². The summed E-state index contributed by atoms with van der Waals surface area (Å²) in [6, 6.07) is 15.5. The average molecular weight is 349 g/mol. The molecular formula is C17H18BrFN2. The van der Waals surface area contributed by atoms with Gasteiger partial charge in [0.1, 0.15) is 5.82 Å². The van der Waals surface area contributed by atoms with Gasteiger partial charge in [0.15, 0.2) is 0 Å². The highest BCUT2D eigenvalue weighted by molar-refractivity contribution is 9.10. The van der Waals surface area contributed by atoms with Crippen LogP contribution in [0.3, 0.4) is 0 Å². The van der Waals surface area contributed by atoms with Crippen LogP contribution in [0, 0.1) is 5.82 Å². The average Bonchev–Trinajstić information content (AvgIpc) is 2.48. The molecule has 1 saturated heterocycles. The maximum absolute atomic E-state index is 14.2. The van der Waals surface area contributed by atoms with Crippen molar-refractivity contribution in [1.82, 2.24) is 5.32 Å². The van der Waals surface area contributed by atoms with Gasteiger partial charge in [-0.3, -0.25) is 0 Å². The lowest BCUT2D eigenvalue weighted by Gasteiger charge is -2.43. The lowest BCUT2D eigenvalue weighted by Crippen LogP contribution is -2.57. The number of rotatable bonds is 2. The van der Waals surface area contributed by atoms with E-state index >= 15 is 0 Å². The minimum absolute atomic E-state index is 0.179. The summed E-state index contributed by atoms with van der Waals surface area (Å²) < 4.78 is 15.0. The predicted molar refractivity (Wildman–Crippen MR) is 88.1 cm³/mol. The van der Waals surface area contributed by atoms with Crippen molar-refractivity contribution in [2.24, 2.45) is 0 Å². The lowest BCUT2D eigenvalue weighted by atomic mass is 9.89. The van der Waals surface area contributed by atoms with Gasteiger partial charge in [-0.15, -0.1) is 0 Å². The second-order valence-corrected chi connectivity index (χ2v) is 6.47. The van der Waals surface area contributed by atoms with Crippen LogP contribution in [0.4, 0.5) is 10.1 Å². The Morgan fingerprint density at radius 3 is 2.62 bits per heavy atom. The Labute approximate surface area is 133 Å². The van der Waals surface area contributed by atoms with E-state index in [0.717, 1.165) is 24.1 Å². The summed E-state index contributed by atoms with van der Waals surface area (Å²) in [5.74, 6) is -0.179. The van der Waals surface area contributed by atoms with E-state index < -0.39 is 0 Å². The molecule has 1 atom stereocenters. The smallest absolute Gasteiger partial charge is 0.147 e. The Morgan fingerprint density at radius 2 is 1.90 bits per heavy atom. The third kappa shape index (κ3) is 2.83. The fourth-order valence-electron chi connectivity index (χ4n) is 2.96. The van der Waals surface area contributed by atoms with E-state index in [4.69, 9.17) is 0 Å². The molecule has 110 valence electrons. The number of hydrogen-bond acceptors (Lipinski definition) is 2. The molecular weight excluding hydrogens is 331 g/mol. The first-order chi connectivity index (χ1) is 10.1. The number of nitrogens with zero attached hydrogens (tertiary/aromatic N) is 1. The van der Waals surface area contributed by atoms with Gasteiger partial charge in [-0.1, -0.05) is 36.4 Å². The first-order valence-corrected chi connectivity index (χ1v) is 7.89. The standard InChI is InChI=1S/C17H18BrFN2/c1-17(13-6-3-2-4-7-13)12-21(11-10-20-17)16-14(18)8-5-9-15(16)19/h2-9,20H,10-12H2,1H3. The maximum Gasteiger partial charge on any atom is 0.147 e. The highest BCUT2D eigenvalue weighted by atomic mass is 79.9. The monoisotopic (exact) mass is 348 g/mol. The van der Waals surface area contributed by atoms with Crippen LogP contribution in [0.5, 0.6) is 0 Å². The van der Waals surface area contributed by atoms with Gasteiger partial charge < -0.3 is 10.2 Å². The topological polar surface area (TPSA) is 15.3 Å². The Morgan fingerprint density at radius 1 is 1.14 bits per heavy atom. The Hall–Kier alpha value is -1.39. The van der Waals surface area contributed by atoms with Crippen LogP contribution in [-0.2, 0) is 5.54 Å². The van der Waals surface area contributed by atoms with Gasteiger partial charge >= 0.3 is 0 Å². The molecule has 0 bridgehead atoms. The van der Waals surface area contributed by atoms with Gasteiger partial charge in [0.2, 0.25) is 0 Å². The highest BCUT2D eigenvalue weighted by Gasteiger charge is 2.33. The molecule has 1 heterocycles. The van der Waals surface area contributed by atoms with Crippen molar-refractivity contribution in [3.8, 4) is 0 Å². The number of halogens is 2. The van der Waals surface area contributed by atoms with E-state index in [0.29, 0.717) is 5.69 Å². The van der Waals surface area contributed by atoms with E-state index in [1.54, 1.807) is 6.07 Å². The van der Waals surface area contributed by atoms with Gasteiger partial charge in [0.05, 0.1) is 11.2 Å². The fraction of sp³-hybridized carbons (Fsp3) is 0.294. The Balaban J connectivity index is 1.93. The normalized spacial score (nSPS) is 22.3. The number of piperazine rings is 1. The zero-order valence-corrected chi connectivity index (χ0v) is 13.5. The molecule has 21 heavy (non-hydrogen) atoms. The van der Waals surface area contributed by atoms with Crippen molar-refractivity contribution in [2.45, 2.75) is 12.5 Å². The molecule has 0 saturated carbocycles. The van der Waals surface area contributed by atoms with E-state index in [-0.39, 0.29) is 11.4 Å². The first kappa shape index (κ1) is 14.5. The number of hydrogen-bond donors (Lipinski definition) is 1. The number of anilines is 1. The van der Waals surface area contributed by atoms with Crippen LogP contribution in [0.2, 0.25) is 0 Å². The molecule has 1 aliphatic rings. The van der Waals surface area contributed by atoms with Crippen LogP contribution in [-0.4, -0.2) is 19.6 Å². The van der Waals surface area contributed by atoms with E-state index in [1.165, 1.54) is 11.6 Å². The molecule has 3 rings (SSSR count). The van der Waals surface area contributed by atoms with Gasteiger partial charge in [-0.05, 0) is 40.5 Å². The van der Waals surface area contributed by atoms with Crippen molar-refractivity contribution >= 4 is 21.6 Å². The SMILES string of the molecule is CC1(c2ccccc2)CN(c2c(F)cccc2Br)CCN1. The summed E-state index contributed by atoms with van der Waals surface area (Å²) in [6.07, 6.45) is 0. The second-order valence-electron chi connectivity index (χ2n) is 5.62. The van der Waals surface area contributed by atoms with Crippen molar-refractivity contribution < 1.29 is 4.39 Å². The largest absolute Gasteiger partial charge is 0.365 e. The second kappa shape index (κ2) is 5.78. The molecule has 0 spiro atoms. The van der Waals surface area contributed by atoms with E-state index in [1.807, 2.05) is 24.3 Å². The Kier molecular flexibility index (Phi) is 4.00. The summed E-state index contributed by atoms with van der Waals surface area (Å²) in [5, 5.41) is 3.57. The number of para-hydroxylation sites is 1. The molecule has 0 aliphatic carbocycles. The summed E-state index contributed by atoms with van der Waals surface area (Å²) in [5.41, 5.74) is 1.70. The number of nitrogens with one attached hydrogen (secondary N) is 1. The molecule has 0 radical (unpaired) electrons. The molecule has 0 amide bonds. The molecule has 0 aromatic heterocycles. The molecule has 2 aromatic carbocycles. The molecule has 4 heteroatoms. The summed E-state index contributed by atoms with van der Waals surface area (Å²) in [6.45, 7) is 4.52. The van der Waals surface area contributed by atoms with Crippen LogP contribution >= 0.6 is 15.9 Å².